The van der Waals surface area contributed by atoms with Gasteiger partial charge in [0.2, 0.25) is 5.95 Å². The van der Waals surface area contributed by atoms with E-state index in [1.165, 1.54) is 40.4 Å². The Morgan fingerprint density at radius 3 is 2.09 bits per heavy atom. The van der Waals surface area contributed by atoms with Gasteiger partial charge in [-0.15, -0.1) is 12.4 Å². The molecule has 6 heterocycles. The van der Waals surface area contributed by atoms with Crippen molar-refractivity contribution < 1.29 is 0 Å². The summed E-state index contributed by atoms with van der Waals surface area (Å²) in [6.07, 6.45) is 5.62. The Kier molecular flexibility index (Phi) is 9.95. The zero-order valence-corrected chi connectivity index (χ0v) is 23.1. The first-order chi connectivity index (χ1) is 16.0. The molecular weight excluding hydrogens is 613 g/mol. The first-order valence-corrected chi connectivity index (χ1v) is 15.5. The fourth-order valence-electron chi connectivity index (χ4n) is 3.16. The second kappa shape index (κ2) is 12.7. The van der Waals surface area contributed by atoms with Crippen molar-refractivity contribution in [3.05, 3.63) is 17.8 Å². The molecule has 0 saturated carbocycles. The number of aromatic nitrogens is 8. The van der Waals surface area contributed by atoms with Crippen LogP contribution in [0.5, 0.6) is 0 Å². The Labute approximate surface area is 219 Å². The van der Waals surface area contributed by atoms with Crippen LogP contribution in [-0.4, -0.2) is 81.9 Å². The number of nitrogens with one attached hydrogen (secondary N) is 3. The number of hydrogen-bond donors (Lipinski definition) is 6. The molecule has 2 aliphatic heterocycles. The van der Waals surface area contributed by atoms with Crippen LogP contribution in [0.25, 0.3) is 22.3 Å². The van der Waals surface area contributed by atoms with Crippen LogP contribution in [0.1, 0.15) is 12.8 Å². The fourth-order valence-corrected chi connectivity index (χ4v) is 8.13. The van der Waals surface area contributed by atoms with Crippen LogP contribution in [0.4, 0.5) is 17.7 Å². The van der Waals surface area contributed by atoms with E-state index >= 15 is 0 Å². The number of anilines is 3. The number of aromatic amines is 2. The van der Waals surface area contributed by atoms with Crippen LogP contribution in [0.15, 0.2) is 12.7 Å². The van der Waals surface area contributed by atoms with E-state index in [2.05, 4.69) is 45.2 Å². The van der Waals surface area contributed by atoms with Gasteiger partial charge in [-0.25, -0.2) is 4.98 Å². The van der Waals surface area contributed by atoms with Crippen LogP contribution in [0, 0.1) is 0 Å². The van der Waals surface area contributed by atoms with Crippen LogP contribution < -0.4 is 22.5 Å². The van der Waals surface area contributed by atoms with Gasteiger partial charge in [-0.05, 0) is 0 Å². The van der Waals surface area contributed by atoms with Gasteiger partial charge in [0.15, 0.2) is 10.8 Å². The molecular formula is C18H26Cl2N12Se2. The normalized spacial score (nSPS) is 19.1. The van der Waals surface area contributed by atoms with Crippen molar-refractivity contribution in [2.75, 3.05) is 16.8 Å². The summed E-state index contributed by atoms with van der Waals surface area (Å²) in [4.78, 5) is 29.7. The molecule has 2 atom stereocenters. The van der Waals surface area contributed by atoms with Crippen molar-refractivity contribution in [2.24, 2.45) is 5.73 Å². The quantitative estimate of drug-likeness (QED) is 0.139. The van der Waals surface area contributed by atoms with Gasteiger partial charge in [0.25, 0.3) is 0 Å². The zero-order valence-electron chi connectivity index (χ0n) is 18.1. The average Bonchev–Trinajstić information content (AvgIpc) is 3.57. The van der Waals surface area contributed by atoms with Crippen molar-refractivity contribution in [2.45, 2.75) is 46.2 Å². The molecule has 6 rings (SSSR count). The average molecular weight is 639 g/mol. The first kappa shape index (κ1) is 26.7. The Balaban J connectivity index is 0.000000156. The van der Waals surface area contributed by atoms with E-state index in [-0.39, 0.29) is 24.3 Å². The Morgan fingerprint density at radius 1 is 0.882 bits per heavy atom. The number of nitrogens with zero attached hydrogens (tertiary/aromatic N) is 6. The number of rotatable bonds is 2. The summed E-state index contributed by atoms with van der Waals surface area (Å²) >= 11 is 7.40. The second-order valence-corrected chi connectivity index (χ2v) is 12.5. The Morgan fingerprint density at radius 2 is 1.50 bits per heavy atom. The third-order valence-electron chi connectivity index (χ3n) is 4.80. The van der Waals surface area contributed by atoms with Crippen molar-refractivity contribution in [3.63, 3.8) is 0 Å². The molecule has 0 aromatic carbocycles. The maximum absolute atomic E-state index is 5.70. The molecule has 9 N–H and O–H groups in total. The maximum atomic E-state index is 5.70. The van der Waals surface area contributed by atoms with Gasteiger partial charge in [0, 0.05) is 0 Å². The SMILES string of the molecule is Cl.N[C@H]1CC[Se]C1.Nc1nc(Cl)c2[nH]cnc2n1.Nc1nc(NC2CC[Se]C2)c2[nH]cnc2n1. The van der Waals surface area contributed by atoms with Crippen LogP contribution in [-0.2, 0) is 0 Å². The van der Waals surface area contributed by atoms with Crippen molar-refractivity contribution in [1.82, 2.24) is 39.9 Å². The van der Waals surface area contributed by atoms with E-state index in [0.717, 1.165) is 41.2 Å². The molecule has 1 unspecified atom stereocenters. The number of nitrogen functional groups attached to an aromatic ring is 2. The number of fused-ring (bicyclic) bond motifs is 2. The minimum atomic E-state index is 0. The molecule has 184 valence electrons. The monoisotopic (exact) mass is 640 g/mol. The first-order valence-electron chi connectivity index (χ1n) is 10.3. The summed E-state index contributed by atoms with van der Waals surface area (Å²) in [6, 6.07) is 1.10. The molecule has 4 aromatic heterocycles. The van der Waals surface area contributed by atoms with E-state index < -0.39 is 0 Å². The summed E-state index contributed by atoms with van der Waals surface area (Å²) in [6.45, 7) is 0. The van der Waals surface area contributed by atoms with E-state index in [1.54, 1.807) is 6.33 Å². The molecule has 34 heavy (non-hydrogen) atoms. The van der Waals surface area contributed by atoms with Gasteiger partial charge < -0.3 is 10.7 Å². The predicted octanol–water partition coefficient (Wildman–Crippen LogP) is 1.93. The molecule has 16 heteroatoms. The molecule has 0 aliphatic carbocycles. The molecule has 4 aromatic rings. The van der Waals surface area contributed by atoms with Crippen LogP contribution in [0.3, 0.4) is 0 Å². The van der Waals surface area contributed by atoms with E-state index in [4.69, 9.17) is 28.8 Å². The van der Waals surface area contributed by atoms with Crippen molar-refractivity contribution in [3.8, 4) is 0 Å². The number of halogens is 2. The number of hydrogen-bond acceptors (Lipinski definition) is 10. The second-order valence-electron chi connectivity index (χ2n) is 7.33. The van der Waals surface area contributed by atoms with Crippen LogP contribution >= 0.6 is 24.0 Å². The summed E-state index contributed by atoms with van der Waals surface area (Å²) in [5.74, 6) is 1.18. The van der Waals surface area contributed by atoms with Crippen molar-refractivity contribution >= 4 is 94.0 Å². The molecule has 2 aliphatic rings. The topological polar surface area (TPSA) is 199 Å². The summed E-state index contributed by atoms with van der Waals surface area (Å²) < 4.78 is 0. The molecule has 2 fully saturated rings. The van der Waals surface area contributed by atoms with Gasteiger partial charge in [-0.2, -0.15) is 9.97 Å². The Bertz CT molecular complexity index is 1190. The molecule has 0 amide bonds. The summed E-state index contributed by atoms with van der Waals surface area (Å²) in [5, 5.41) is 9.07. The van der Waals surface area contributed by atoms with E-state index in [0.29, 0.717) is 34.0 Å². The van der Waals surface area contributed by atoms with E-state index in [1.807, 2.05) is 0 Å². The fraction of sp³-hybridized carbons (Fsp3) is 0.444. The summed E-state index contributed by atoms with van der Waals surface area (Å²) in [5.41, 5.74) is 19.1. The molecule has 12 nitrogen and oxygen atoms in total. The van der Waals surface area contributed by atoms with Gasteiger partial charge >= 0.3 is 142 Å². The van der Waals surface area contributed by atoms with Gasteiger partial charge in [-0.3, -0.25) is 0 Å². The Hall–Kier alpha value is -1.92. The predicted molar refractivity (Wildman–Crippen MR) is 140 cm³/mol. The number of nitrogens with two attached hydrogens (primary N) is 3. The molecule has 2 saturated heterocycles. The molecule has 0 bridgehead atoms. The standard InChI is InChI=1S/C9H12N6Se.C5H4ClN5.C4H9NSe.ClH/c10-9-14-7-6(11-4-12-7)8(15-9)13-5-1-2-16-3-5;6-3-2-4(9-1-8-2)11-5(7)10-3;5-4-1-2-6-3-4;/h4-5H,1-3H2,(H4,10,11,12,13,14,15);1H,(H3,7,8,9,10,11);4H,1-3,5H2;1H/t;;4-;/m..0./s1. The summed E-state index contributed by atoms with van der Waals surface area (Å²) in [7, 11) is 0. The van der Waals surface area contributed by atoms with Crippen LogP contribution in [0.2, 0.25) is 26.4 Å². The van der Waals surface area contributed by atoms with Gasteiger partial charge in [0.1, 0.15) is 5.52 Å². The zero-order chi connectivity index (χ0) is 23.2. The third-order valence-corrected chi connectivity index (χ3v) is 10.0. The third kappa shape index (κ3) is 7.05. The molecule has 0 spiro atoms. The van der Waals surface area contributed by atoms with Gasteiger partial charge in [-0.1, -0.05) is 11.6 Å². The number of imidazole rings is 2. The van der Waals surface area contributed by atoms with Gasteiger partial charge in [0.05, 0.1) is 6.33 Å². The van der Waals surface area contributed by atoms with Crippen molar-refractivity contribution in [1.29, 1.82) is 0 Å². The number of H-pyrrole nitrogens is 2. The van der Waals surface area contributed by atoms with E-state index in [9.17, 15) is 0 Å². The minimum absolute atomic E-state index is 0. The molecule has 0 radical (unpaired) electrons.